The molecule has 1 N–H and O–H groups in total. The number of carbonyl (C=O) groups excluding carboxylic acids is 1. The molecule has 150 valence electrons. The molecule has 1 amide bonds. The maximum Gasteiger partial charge on any atom is 0.264 e. The van der Waals surface area contributed by atoms with Crippen molar-refractivity contribution in [1.29, 1.82) is 0 Å². The van der Waals surface area contributed by atoms with Crippen LogP contribution in [0.3, 0.4) is 0 Å². The molecule has 4 rings (SSSR count). The number of rotatable bonds is 5. The Morgan fingerprint density at radius 1 is 1.07 bits per heavy atom. The first-order chi connectivity index (χ1) is 14.6. The minimum Gasteiger partial charge on any atom is -0.488 e. The maximum atomic E-state index is 13.4. The molecular weight excluding hydrogens is 467 g/mol. The predicted molar refractivity (Wildman–Crippen MR) is 122 cm³/mol. The molecule has 3 aromatic carbocycles. The third kappa shape index (κ3) is 5.17. The summed E-state index contributed by atoms with van der Waals surface area (Å²) in [5.74, 6) is 0.0704. The number of hydrogen-bond donors (Lipinski definition) is 1. The lowest BCUT2D eigenvalue weighted by Crippen LogP contribution is -2.19. The number of carbonyl (C=O) groups is 1. The predicted octanol–water partition coefficient (Wildman–Crippen LogP) is 6.06. The van der Waals surface area contributed by atoms with E-state index < -0.39 is 0 Å². The maximum absolute atomic E-state index is 13.4. The van der Waals surface area contributed by atoms with Gasteiger partial charge in [-0.05, 0) is 65.9 Å². The van der Waals surface area contributed by atoms with Gasteiger partial charge in [0.05, 0.1) is 10.6 Å². The Morgan fingerprint density at radius 2 is 1.90 bits per heavy atom. The summed E-state index contributed by atoms with van der Waals surface area (Å²) in [5.41, 5.74) is 2.23. The molecule has 0 aromatic heterocycles. The molecule has 0 radical (unpaired) electrons. The van der Waals surface area contributed by atoms with Crippen molar-refractivity contribution in [3.05, 3.63) is 99.1 Å². The third-order valence-electron chi connectivity index (χ3n) is 4.18. The molecule has 4 nitrogen and oxygen atoms in total. The molecule has 0 atom stereocenters. The number of thioether (sulfide) groups is 1. The lowest BCUT2D eigenvalue weighted by atomic mass is 10.1. The molecule has 0 aliphatic carbocycles. The van der Waals surface area contributed by atoms with Crippen molar-refractivity contribution < 1.29 is 13.9 Å². The quantitative estimate of drug-likeness (QED) is 0.449. The summed E-state index contributed by atoms with van der Waals surface area (Å²) in [6, 6.07) is 21.2. The number of nitrogens with one attached hydrogen (secondary N) is 1. The largest absolute Gasteiger partial charge is 0.488 e. The minimum atomic E-state index is -0.307. The first-order valence-corrected chi connectivity index (χ1v) is 10.7. The van der Waals surface area contributed by atoms with Gasteiger partial charge in [-0.3, -0.25) is 4.79 Å². The Bertz CT molecular complexity index is 1150. The molecule has 3 aromatic rings. The van der Waals surface area contributed by atoms with Gasteiger partial charge in [0, 0.05) is 10.0 Å². The highest BCUT2D eigenvalue weighted by atomic mass is 79.9. The van der Waals surface area contributed by atoms with Crippen LogP contribution in [0.2, 0.25) is 0 Å². The molecule has 0 bridgehead atoms. The van der Waals surface area contributed by atoms with Crippen LogP contribution in [0, 0.1) is 5.82 Å². The minimum absolute atomic E-state index is 0.217. The zero-order chi connectivity index (χ0) is 20.9. The van der Waals surface area contributed by atoms with E-state index in [0.717, 1.165) is 21.3 Å². The van der Waals surface area contributed by atoms with Gasteiger partial charge in [0.2, 0.25) is 0 Å². The first kappa shape index (κ1) is 20.4. The van der Waals surface area contributed by atoms with E-state index in [2.05, 4.69) is 26.2 Å². The van der Waals surface area contributed by atoms with E-state index in [1.54, 1.807) is 18.2 Å². The molecule has 1 fully saturated rings. The number of para-hydroxylation sites is 1. The van der Waals surface area contributed by atoms with Gasteiger partial charge in [-0.15, -0.1) is 0 Å². The Balaban J connectivity index is 1.56. The molecule has 0 saturated carbocycles. The van der Waals surface area contributed by atoms with E-state index in [1.807, 2.05) is 48.5 Å². The van der Waals surface area contributed by atoms with Crippen molar-refractivity contribution in [2.75, 3.05) is 0 Å². The summed E-state index contributed by atoms with van der Waals surface area (Å²) in [7, 11) is 0. The lowest BCUT2D eigenvalue weighted by molar-refractivity contribution is -0.115. The number of nitrogens with zero attached hydrogens (tertiary/aromatic N) is 1. The van der Waals surface area contributed by atoms with E-state index >= 15 is 0 Å². The van der Waals surface area contributed by atoms with Crippen LogP contribution in [-0.2, 0) is 11.4 Å². The Labute approximate surface area is 186 Å². The van der Waals surface area contributed by atoms with Gasteiger partial charge in [-0.2, -0.15) is 0 Å². The summed E-state index contributed by atoms with van der Waals surface area (Å²) in [6.07, 6.45) is 1.76. The Hall–Kier alpha value is -2.90. The fourth-order valence-electron chi connectivity index (χ4n) is 2.79. The standard InChI is InChI=1S/C23H16BrFN2O2S/c24-17-9-10-20(29-14-15-5-4-6-18(25)11-15)16(12-17)13-21-22(28)27-23(30-21)26-19-7-2-1-3-8-19/h1-13H,14H2,(H,26,27,28)/b21-13-. The molecule has 7 heteroatoms. The van der Waals surface area contributed by atoms with Crippen molar-refractivity contribution in [3.8, 4) is 5.75 Å². The Kier molecular flexibility index (Phi) is 6.30. The van der Waals surface area contributed by atoms with E-state index in [9.17, 15) is 9.18 Å². The van der Waals surface area contributed by atoms with E-state index in [4.69, 9.17) is 4.74 Å². The summed E-state index contributed by atoms with van der Waals surface area (Å²) in [4.78, 5) is 17.4. The summed E-state index contributed by atoms with van der Waals surface area (Å²) < 4.78 is 20.2. The van der Waals surface area contributed by atoms with Gasteiger partial charge in [0.25, 0.3) is 5.91 Å². The van der Waals surface area contributed by atoms with Crippen LogP contribution >= 0.6 is 27.7 Å². The second kappa shape index (κ2) is 9.28. The molecule has 1 saturated heterocycles. The van der Waals surface area contributed by atoms with Gasteiger partial charge < -0.3 is 10.1 Å². The van der Waals surface area contributed by atoms with E-state index in [-0.39, 0.29) is 18.3 Å². The van der Waals surface area contributed by atoms with Crippen LogP contribution in [-0.4, -0.2) is 11.1 Å². The van der Waals surface area contributed by atoms with Crippen molar-refractivity contribution in [2.24, 2.45) is 4.99 Å². The number of halogens is 2. The van der Waals surface area contributed by atoms with Crippen molar-refractivity contribution in [3.63, 3.8) is 0 Å². The zero-order valence-electron chi connectivity index (χ0n) is 15.6. The van der Waals surface area contributed by atoms with Crippen LogP contribution in [0.4, 0.5) is 10.1 Å². The average molecular weight is 483 g/mol. The second-order valence-corrected chi connectivity index (χ2v) is 8.36. The molecular formula is C23H16BrFN2O2S. The van der Waals surface area contributed by atoms with Crippen molar-refractivity contribution in [2.45, 2.75) is 6.61 Å². The van der Waals surface area contributed by atoms with Crippen molar-refractivity contribution in [1.82, 2.24) is 5.32 Å². The fraction of sp³-hybridized carbons (Fsp3) is 0.0435. The number of hydrogen-bond acceptors (Lipinski definition) is 4. The molecule has 1 heterocycles. The van der Waals surface area contributed by atoms with E-state index in [0.29, 0.717) is 15.8 Å². The average Bonchev–Trinajstić information content (AvgIpc) is 3.07. The number of amides is 1. The topological polar surface area (TPSA) is 50.7 Å². The number of benzene rings is 3. The molecule has 1 aliphatic heterocycles. The Morgan fingerprint density at radius 3 is 2.70 bits per heavy atom. The normalized spacial score (nSPS) is 16.1. The van der Waals surface area contributed by atoms with Crippen molar-refractivity contribution >= 4 is 50.5 Å². The van der Waals surface area contributed by atoms with Gasteiger partial charge in [0.15, 0.2) is 5.17 Å². The molecule has 0 unspecified atom stereocenters. The van der Waals surface area contributed by atoms with Crippen LogP contribution in [0.15, 0.2) is 87.2 Å². The highest BCUT2D eigenvalue weighted by Gasteiger charge is 2.24. The zero-order valence-corrected chi connectivity index (χ0v) is 18.0. The summed E-state index contributed by atoms with van der Waals surface area (Å²) in [6.45, 7) is 0.218. The molecule has 0 spiro atoms. The summed E-state index contributed by atoms with van der Waals surface area (Å²) >= 11 is 4.73. The number of amidine groups is 1. The lowest BCUT2D eigenvalue weighted by Gasteiger charge is -2.10. The smallest absolute Gasteiger partial charge is 0.264 e. The number of ether oxygens (including phenoxy) is 1. The SMILES string of the molecule is O=C1NC(=Nc2ccccc2)S/C1=C\c1cc(Br)ccc1OCc1cccc(F)c1. The van der Waals surface area contributed by atoms with Crippen LogP contribution in [0.1, 0.15) is 11.1 Å². The molecule has 30 heavy (non-hydrogen) atoms. The molecule has 1 aliphatic rings. The van der Waals surface area contributed by atoms with Gasteiger partial charge in [-0.25, -0.2) is 9.38 Å². The second-order valence-electron chi connectivity index (χ2n) is 6.42. The van der Waals surface area contributed by atoms with Crippen LogP contribution < -0.4 is 10.1 Å². The fourth-order valence-corrected chi connectivity index (χ4v) is 4.00. The number of aliphatic imine (C=N–C) groups is 1. The third-order valence-corrected chi connectivity index (χ3v) is 5.58. The summed E-state index contributed by atoms with van der Waals surface area (Å²) in [5, 5.41) is 3.31. The highest BCUT2D eigenvalue weighted by Crippen LogP contribution is 2.32. The van der Waals surface area contributed by atoms with Crippen LogP contribution in [0.25, 0.3) is 6.08 Å². The van der Waals surface area contributed by atoms with Crippen LogP contribution in [0.5, 0.6) is 5.75 Å². The van der Waals surface area contributed by atoms with Gasteiger partial charge in [-0.1, -0.05) is 46.3 Å². The first-order valence-electron chi connectivity index (χ1n) is 9.08. The highest BCUT2D eigenvalue weighted by molar-refractivity contribution is 9.10. The monoisotopic (exact) mass is 482 g/mol. The van der Waals surface area contributed by atoms with Gasteiger partial charge in [0.1, 0.15) is 18.2 Å². The van der Waals surface area contributed by atoms with E-state index in [1.165, 1.54) is 23.9 Å². The van der Waals surface area contributed by atoms with Gasteiger partial charge >= 0.3 is 0 Å².